The van der Waals surface area contributed by atoms with Crippen molar-refractivity contribution in [3.05, 3.63) is 52.2 Å². The van der Waals surface area contributed by atoms with E-state index in [1.165, 1.54) is 11.1 Å². The number of carbonyl (C=O) groups excluding carboxylic acids is 2. The van der Waals surface area contributed by atoms with Crippen LogP contribution in [0.25, 0.3) is 0 Å². The lowest BCUT2D eigenvalue weighted by atomic mass is 10.0. The van der Waals surface area contributed by atoms with E-state index in [0.29, 0.717) is 19.0 Å². The minimum Gasteiger partial charge on any atom is -0.354 e. The quantitative estimate of drug-likeness (QED) is 0.773. The van der Waals surface area contributed by atoms with E-state index < -0.39 is 0 Å². The summed E-state index contributed by atoms with van der Waals surface area (Å²) >= 11 is 1.66. The van der Waals surface area contributed by atoms with E-state index in [4.69, 9.17) is 0 Å². The molecule has 2 amide bonds. The summed E-state index contributed by atoms with van der Waals surface area (Å²) in [6, 6.07) is 10.3. The van der Waals surface area contributed by atoms with Gasteiger partial charge in [0.25, 0.3) is 0 Å². The number of nitrogens with one attached hydrogen (secondary N) is 1. The number of benzene rings is 1. The summed E-state index contributed by atoms with van der Waals surface area (Å²) in [5.41, 5.74) is 3.28. The van der Waals surface area contributed by atoms with E-state index in [-0.39, 0.29) is 30.2 Å². The van der Waals surface area contributed by atoms with Crippen LogP contribution < -0.4 is 10.2 Å². The number of anilines is 1. The van der Waals surface area contributed by atoms with Crippen molar-refractivity contribution in [3.63, 3.8) is 0 Å². The van der Waals surface area contributed by atoms with E-state index >= 15 is 0 Å². The standard InChI is InChI=1S/C22H29N3O2S/c1-15(2)16-6-5-7-19(10-16)25-13-18(11-21(25)26)22(27)23-12-20(24(3)4)17-8-9-28-14-17/h5-10,14-15,18,20H,11-13H2,1-4H3,(H,23,27). The summed E-state index contributed by atoms with van der Waals surface area (Å²) in [7, 11) is 4.02. The van der Waals surface area contributed by atoms with Gasteiger partial charge in [-0.05, 0) is 60.1 Å². The van der Waals surface area contributed by atoms with Crippen LogP contribution >= 0.6 is 11.3 Å². The Hall–Kier alpha value is -2.18. The second-order valence-electron chi connectivity index (χ2n) is 7.94. The van der Waals surface area contributed by atoms with Crippen molar-refractivity contribution in [2.75, 3.05) is 32.1 Å². The Balaban J connectivity index is 1.63. The third-order valence-electron chi connectivity index (χ3n) is 5.37. The van der Waals surface area contributed by atoms with Gasteiger partial charge in [0.05, 0.1) is 12.0 Å². The second kappa shape index (κ2) is 8.88. The van der Waals surface area contributed by atoms with Gasteiger partial charge in [0, 0.05) is 25.2 Å². The normalized spacial score (nSPS) is 18.1. The van der Waals surface area contributed by atoms with Crippen LogP contribution in [0.4, 0.5) is 5.69 Å². The monoisotopic (exact) mass is 399 g/mol. The maximum atomic E-state index is 12.7. The van der Waals surface area contributed by atoms with Crippen LogP contribution in [0.5, 0.6) is 0 Å². The fourth-order valence-electron chi connectivity index (χ4n) is 3.59. The Morgan fingerprint density at radius 2 is 2.07 bits per heavy atom. The van der Waals surface area contributed by atoms with Crippen molar-refractivity contribution in [3.8, 4) is 0 Å². The minimum absolute atomic E-state index is 0.0167. The van der Waals surface area contributed by atoms with Crippen LogP contribution in [-0.2, 0) is 9.59 Å². The first-order valence-corrected chi connectivity index (χ1v) is 10.7. The molecule has 0 bridgehead atoms. The van der Waals surface area contributed by atoms with E-state index in [9.17, 15) is 9.59 Å². The van der Waals surface area contributed by atoms with Gasteiger partial charge >= 0.3 is 0 Å². The molecule has 1 aromatic carbocycles. The minimum atomic E-state index is -0.305. The predicted molar refractivity (Wildman–Crippen MR) is 115 cm³/mol. The molecule has 0 saturated carbocycles. The average molecular weight is 400 g/mol. The molecule has 2 aromatic rings. The van der Waals surface area contributed by atoms with Crippen LogP contribution in [0.1, 0.15) is 43.4 Å². The van der Waals surface area contributed by atoms with Crippen LogP contribution in [0.15, 0.2) is 41.1 Å². The first kappa shape index (κ1) is 20.6. The Morgan fingerprint density at radius 3 is 2.71 bits per heavy atom. The molecule has 0 aliphatic carbocycles. The topological polar surface area (TPSA) is 52.7 Å². The van der Waals surface area contributed by atoms with Gasteiger partial charge in [-0.1, -0.05) is 26.0 Å². The highest BCUT2D eigenvalue weighted by molar-refractivity contribution is 7.07. The van der Waals surface area contributed by atoms with E-state index in [0.717, 1.165) is 5.69 Å². The second-order valence-corrected chi connectivity index (χ2v) is 8.72. The number of nitrogens with zero attached hydrogens (tertiary/aromatic N) is 2. The first-order chi connectivity index (χ1) is 13.4. The predicted octanol–water partition coefficient (Wildman–Crippen LogP) is 3.64. The maximum absolute atomic E-state index is 12.7. The molecule has 0 spiro atoms. The Morgan fingerprint density at radius 1 is 1.29 bits per heavy atom. The molecule has 5 nitrogen and oxygen atoms in total. The van der Waals surface area contributed by atoms with Crippen LogP contribution in [-0.4, -0.2) is 43.9 Å². The molecule has 1 aliphatic heterocycles. The lowest BCUT2D eigenvalue weighted by Gasteiger charge is -2.24. The number of amides is 2. The number of likely N-dealkylation sites (N-methyl/N-ethyl adjacent to an activating group) is 1. The Bertz CT molecular complexity index is 817. The average Bonchev–Trinajstić information content (AvgIpc) is 3.31. The summed E-state index contributed by atoms with van der Waals surface area (Å²) in [5, 5.41) is 7.22. The smallest absolute Gasteiger partial charge is 0.227 e. The Labute approximate surface area is 171 Å². The van der Waals surface area contributed by atoms with Gasteiger partial charge < -0.3 is 15.1 Å². The van der Waals surface area contributed by atoms with Crippen molar-refractivity contribution in [1.29, 1.82) is 0 Å². The fourth-order valence-corrected chi connectivity index (χ4v) is 4.30. The molecule has 150 valence electrons. The maximum Gasteiger partial charge on any atom is 0.227 e. The molecule has 2 heterocycles. The van der Waals surface area contributed by atoms with Gasteiger partial charge in [0.2, 0.25) is 11.8 Å². The highest BCUT2D eigenvalue weighted by atomic mass is 32.1. The molecule has 1 saturated heterocycles. The molecule has 2 unspecified atom stereocenters. The molecule has 6 heteroatoms. The van der Waals surface area contributed by atoms with Gasteiger partial charge in [-0.2, -0.15) is 11.3 Å². The van der Waals surface area contributed by atoms with Gasteiger partial charge in [0.15, 0.2) is 0 Å². The SMILES string of the molecule is CC(C)c1cccc(N2CC(C(=O)NCC(c3ccsc3)N(C)C)CC2=O)c1. The van der Waals surface area contributed by atoms with Gasteiger partial charge in [-0.25, -0.2) is 0 Å². The molecule has 1 aliphatic rings. The molecule has 0 radical (unpaired) electrons. The zero-order valence-corrected chi connectivity index (χ0v) is 17.8. The molecule has 28 heavy (non-hydrogen) atoms. The van der Waals surface area contributed by atoms with Crippen molar-refractivity contribution in [1.82, 2.24) is 10.2 Å². The number of carbonyl (C=O) groups is 2. The van der Waals surface area contributed by atoms with Crippen molar-refractivity contribution in [2.24, 2.45) is 5.92 Å². The lowest BCUT2D eigenvalue weighted by Crippen LogP contribution is -2.38. The third kappa shape index (κ3) is 4.62. The molecule has 2 atom stereocenters. The van der Waals surface area contributed by atoms with Crippen molar-refractivity contribution >= 4 is 28.8 Å². The van der Waals surface area contributed by atoms with Crippen molar-refractivity contribution < 1.29 is 9.59 Å². The first-order valence-electron chi connectivity index (χ1n) is 9.73. The summed E-state index contributed by atoms with van der Waals surface area (Å²) in [4.78, 5) is 29.1. The summed E-state index contributed by atoms with van der Waals surface area (Å²) in [5.74, 6) is 0.0679. The highest BCUT2D eigenvalue weighted by Crippen LogP contribution is 2.28. The summed E-state index contributed by atoms with van der Waals surface area (Å²) < 4.78 is 0. The Kier molecular flexibility index (Phi) is 6.52. The van der Waals surface area contributed by atoms with Gasteiger partial charge in [-0.15, -0.1) is 0 Å². The molecule has 1 fully saturated rings. The molecular formula is C22H29N3O2S. The van der Waals surface area contributed by atoms with E-state index in [1.54, 1.807) is 16.2 Å². The van der Waals surface area contributed by atoms with Crippen LogP contribution in [0, 0.1) is 5.92 Å². The zero-order valence-electron chi connectivity index (χ0n) is 17.0. The fraction of sp³-hybridized carbons (Fsp3) is 0.455. The molecular weight excluding hydrogens is 370 g/mol. The van der Waals surface area contributed by atoms with Crippen molar-refractivity contribution in [2.45, 2.75) is 32.2 Å². The third-order valence-corrected chi connectivity index (χ3v) is 6.07. The largest absolute Gasteiger partial charge is 0.354 e. The molecule has 1 N–H and O–H groups in total. The molecule has 1 aromatic heterocycles. The van der Waals surface area contributed by atoms with E-state index in [1.807, 2.05) is 31.6 Å². The number of thiophene rings is 1. The number of hydrogen-bond donors (Lipinski definition) is 1. The molecule has 3 rings (SSSR count). The van der Waals surface area contributed by atoms with Gasteiger partial charge in [0.1, 0.15) is 0 Å². The summed E-state index contributed by atoms with van der Waals surface area (Å²) in [6.45, 7) is 5.25. The van der Waals surface area contributed by atoms with Crippen LogP contribution in [0.2, 0.25) is 0 Å². The lowest BCUT2D eigenvalue weighted by molar-refractivity contribution is -0.126. The summed E-state index contributed by atoms with van der Waals surface area (Å²) in [6.07, 6.45) is 0.267. The number of rotatable bonds is 7. The highest BCUT2D eigenvalue weighted by Gasteiger charge is 2.35. The van der Waals surface area contributed by atoms with Crippen LogP contribution in [0.3, 0.4) is 0 Å². The number of hydrogen-bond acceptors (Lipinski definition) is 4. The zero-order chi connectivity index (χ0) is 20.3. The van der Waals surface area contributed by atoms with Gasteiger partial charge in [-0.3, -0.25) is 9.59 Å². The van der Waals surface area contributed by atoms with E-state index in [2.05, 4.69) is 47.6 Å².